The van der Waals surface area contributed by atoms with Crippen LogP contribution >= 0.6 is 12.6 Å². The molecule has 0 radical (unpaired) electrons. The largest absolute Gasteiger partial charge is 0.465 e. The summed E-state index contributed by atoms with van der Waals surface area (Å²) in [7, 11) is 1.67. The van der Waals surface area contributed by atoms with Crippen molar-refractivity contribution >= 4 is 43.4 Å². The van der Waals surface area contributed by atoms with Crippen LogP contribution in [-0.4, -0.2) is 20.4 Å². The number of quaternary nitrogens is 1. The number of amidine groups is 1. The zero-order chi connectivity index (χ0) is 7.07. The van der Waals surface area contributed by atoms with Crippen molar-refractivity contribution in [3.63, 3.8) is 0 Å². The van der Waals surface area contributed by atoms with E-state index in [1.807, 2.05) is 0 Å². The minimum Gasteiger partial charge on any atom is -0.465 e. The van der Waals surface area contributed by atoms with Gasteiger partial charge in [0, 0.05) is 0 Å². The van der Waals surface area contributed by atoms with Gasteiger partial charge in [0.25, 0.3) is 0 Å². The van der Waals surface area contributed by atoms with Gasteiger partial charge in [0.05, 0.1) is 7.05 Å². The molecule has 0 saturated heterocycles. The van der Waals surface area contributed by atoms with Crippen LogP contribution in [0.4, 0.5) is 0 Å². The van der Waals surface area contributed by atoms with Crippen LogP contribution in [0.15, 0.2) is 10.3 Å². The quantitative estimate of drug-likeness (QED) is 0.245. The maximum atomic E-state index is 4.91. The number of hydrogen-bond donors (Lipinski definition) is 1. The van der Waals surface area contributed by atoms with Crippen LogP contribution in [0.1, 0.15) is 0 Å². The molecule has 1 heterocycles. The summed E-state index contributed by atoms with van der Waals surface area (Å²) in [5.41, 5.74) is 0. The van der Waals surface area contributed by atoms with Gasteiger partial charge in [-0.25, -0.2) is 0 Å². The Morgan fingerprint density at radius 2 is 2.33 bits per heavy atom. The number of rotatable bonds is 0. The monoisotopic (exact) mass is 180 g/mol. The molecular weight excluding hydrogens is 176 g/mol. The number of hydrogen-bond acceptors (Lipinski definition) is 4. The van der Waals surface area contributed by atoms with Crippen LogP contribution in [-0.2, 0) is 25.6 Å². The van der Waals surface area contributed by atoms with Crippen molar-refractivity contribution in [2.45, 2.75) is 0 Å². The molecule has 4 nitrogen and oxygen atoms in total. The van der Waals surface area contributed by atoms with Crippen molar-refractivity contribution < 1.29 is 8.21 Å². The molecule has 0 spiro atoms. The molecule has 1 atom stereocenters. The normalized spacial score (nSPS) is 34.1. The van der Waals surface area contributed by atoms with Gasteiger partial charge in [0.2, 0.25) is 0 Å². The van der Waals surface area contributed by atoms with E-state index < -0.39 is 0 Å². The minimum atomic E-state index is -0.0988. The van der Waals surface area contributed by atoms with Gasteiger partial charge in [-0.15, -0.1) is 4.21 Å². The first-order chi connectivity index (χ1) is 4.05. The van der Waals surface area contributed by atoms with E-state index in [4.69, 9.17) is 12.8 Å². The van der Waals surface area contributed by atoms with E-state index >= 15 is 0 Å². The Morgan fingerprint density at radius 1 is 1.78 bits per heavy atom. The molecule has 0 aromatic carbocycles. The molecule has 1 aliphatic rings. The van der Waals surface area contributed by atoms with Gasteiger partial charge >= 0.3 is 5.17 Å². The van der Waals surface area contributed by atoms with E-state index in [-0.39, 0.29) is 4.00 Å². The number of thiol groups is 1. The predicted octanol–water partition coefficient (Wildman–Crippen LogP) is -0.0491. The van der Waals surface area contributed by atoms with Crippen molar-refractivity contribution in [2.75, 3.05) is 7.05 Å². The summed E-state index contributed by atoms with van der Waals surface area (Å²) in [5, 5.41) is 7.48. The van der Waals surface area contributed by atoms with E-state index in [1.54, 1.807) is 7.05 Å². The zero-order valence-electron chi connectivity index (χ0n) is 4.55. The lowest BCUT2D eigenvalue weighted by atomic mass is 11.1. The van der Waals surface area contributed by atoms with Crippen LogP contribution in [0.5, 0.6) is 0 Å². The minimum absolute atomic E-state index is 0.0988. The average Bonchev–Trinajstić information content (AvgIpc) is 1.96. The number of nitrogens with zero attached hydrogens (tertiary/aromatic N) is 4. The van der Waals surface area contributed by atoms with Gasteiger partial charge in [-0.05, 0) is 12.6 Å². The average molecular weight is 180 g/mol. The first kappa shape index (κ1) is 7.26. The third-order valence-corrected chi connectivity index (χ3v) is 2.35. The Hall–Kier alpha value is 0.150. The van der Waals surface area contributed by atoms with Gasteiger partial charge in [-0.2, -0.15) is 4.00 Å². The fraction of sp³-hybridized carbons (Fsp3) is 0.500. The standard InChI is InChI=1S/C2H4N4S3/c1-6(9)2(7)3-4-5(6)8/h1H3,(H,3,7). The summed E-state index contributed by atoms with van der Waals surface area (Å²) in [5.74, 6) is 0. The smallest absolute Gasteiger partial charge is 0.415 e. The first-order valence-electron chi connectivity index (χ1n) is 2.08. The Labute approximate surface area is 69.3 Å². The summed E-state index contributed by atoms with van der Waals surface area (Å²) in [6.45, 7) is 0. The molecule has 1 aliphatic heterocycles. The van der Waals surface area contributed by atoms with Crippen molar-refractivity contribution in [3.8, 4) is 0 Å². The molecule has 1 rings (SSSR count). The van der Waals surface area contributed by atoms with E-state index in [0.717, 1.165) is 4.21 Å². The van der Waals surface area contributed by atoms with Crippen molar-refractivity contribution in [1.82, 2.24) is 0 Å². The van der Waals surface area contributed by atoms with E-state index in [2.05, 4.69) is 35.8 Å². The van der Waals surface area contributed by atoms with E-state index in [0.29, 0.717) is 5.17 Å². The van der Waals surface area contributed by atoms with Gasteiger partial charge in [-0.1, -0.05) is 0 Å². The summed E-state index contributed by atoms with van der Waals surface area (Å²) < 4.78 is 1.02. The molecule has 0 aromatic heterocycles. The molecule has 50 valence electrons. The van der Waals surface area contributed by atoms with E-state index in [1.165, 1.54) is 0 Å². The highest BCUT2D eigenvalue weighted by Crippen LogP contribution is 2.12. The maximum Gasteiger partial charge on any atom is 0.415 e. The van der Waals surface area contributed by atoms with Gasteiger partial charge in [0.1, 0.15) is 5.10 Å². The predicted molar refractivity (Wildman–Crippen MR) is 40.0 cm³/mol. The van der Waals surface area contributed by atoms with Crippen molar-refractivity contribution in [3.05, 3.63) is 0 Å². The van der Waals surface area contributed by atoms with Crippen molar-refractivity contribution in [1.29, 1.82) is 0 Å². The Kier molecular flexibility index (Phi) is 1.68. The molecule has 0 aromatic rings. The van der Waals surface area contributed by atoms with Crippen LogP contribution in [0, 0.1) is 0 Å². The summed E-state index contributed by atoms with van der Waals surface area (Å²) in [6, 6.07) is 0. The van der Waals surface area contributed by atoms with E-state index in [9.17, 15) is 0 Å². The highest BCUT2D eigenvalue weighted by atomic mass is 32.1. The second-order valence-corrected chi connectivity index (χ2v) is 3.06. The third kappa shape index (κ3) is 1.05. The fourth-order valence-electron chi connectivity index (χ4n) is 0.314. The molecule has 0 amide bonds. The second kappa shape index (κ2) is 2.08. The summed E-state index contributed by atoms with van der Waals surface area (Å²) in [4.78, 5) is 0. The molecule has 0 saturated carbocycles. The van der Waals surface area contributed by atoms with Crippen LogP contribution in [0.3, 0.4) is 0 Å². The molecule has 0 bridgehead atoms. The topological polar surface area (TPSA) is 27.7 Å². The Balaban J connectivity index is 2.96. The Morgan fingerprint density at radius 3 is 2.44 bits per heavy atom. The van der Waals surface area contributed by atoms with Gasteiger partial charge in [0.15, 0.2) is 5.22 Å². The highest BCUT2D eigenvalue weighted by Gasteiger charge is 2.28. The summed E-state index contributed by atoms with van der Waals surface area (Å²) >= 11 is 13.5. The SMILES string of the molecule is C[N+]1([S-])C(S)=NN=[N+]1[S-]. The van der Waals surface area contributed by atoms with Gasteiger partial charge in [-0.3, -0.25) is 0 Å². The third-order valence-electron chi connectivity index (χ3n) is 0.908. The molecule has 0 aliphatic carbocycles. The zero-order valence-corrected chi connectivity index (χ0v) is 7.08. The van der Waals surface area contributed by atoms with Crippen LogP contribution in [0.2, 0.25) is 0 Å². The van der Waals surface area contributed by atoms with Crippen molar-refractivity contribution in [2.24, 2.45) is 10.3 Å². The molecular formula is C2H4N4S3. The molecule has 1 unspecified atom stereocenters. The molecule has 7 heteroatoms. The fourth-order valence-corrected chi connectivity index (χ4v) is 0.682. The van der Waals surface area contributed by atoms with Gasteiger partial charge < -0.3 is 25.6 Å². The Bertz CT molecular complexity index is 174. The first-order valence-corrected chi connectivity index (χ1v) is 3.26. The summed E-state index contributed by atoms with van der Waals surface area (Å²) in [6.07, 6.45) is 0. The lowest BCUT2D eigenvalue weighted by Crippen LogP contribution is -2.43. The molecule has 0 N–H and O–H groups in total. The second-order valence-electron chi connectivity index (χ2n) is 1.62. The molecule has 0 fully saturated rings. The van der Waals surface area contributed by atoms with Crippen LogP contribution in [0.25, 0.3) is 0 Å². The lowest BCUT2D eigenvalue weighted by Gasteiger charge is -2.29. The maximum absolute atomic E-state index is 4.91. The highest BCUT2D eigenvalue weighted by molar-refractivity contribution is 7.96. The lowest BCUT2D eigenvalue weighted by molar-refractivity contribution is -1.15. The molecule has 9 heavy (non-hydrogen) atoms. The van der Waals surface area contributed by atoms with Crippen LogP contribution < -0.4 is 0 Å².